The van der Waals surface area contributed by atoms with Crippen molar-refractivity contribution in [3.63, 3.8) is 0 Å². The number of cyclic esters (lactones) is 1. The van der Waals surface area contributed by atoms with Crippen LogP contribution in [0.1, 0.15) is 22.9 Å². The van der Waals surface area contributed by atoms with Crippen LogP contribution in [0, 0.1) is 10.1 Å². The molecular formula is C23H17ClN2O6S. The first-order chi connectivity index (χ1) is 15.9. The summed E-state index contributed by atoms with van der Waals surface area (Å²) in [4.78, 5) is 27.8. The molecule has 0 atom stereocenters. The topological polar surface area (TPSA) is 100 Å². The number of thiophene rings is 1. The molecule has 0 spiro atoms. The van der Waals surface area contributed by atoms with Crippen molar-refractivity contribution in [3.8, 4) is 11.5 Å². The summed E-state index contributed by atoms with van der Waals surface area (Å²) in [5, 5.41) is 13.1. The fourth-order valence-corrected chi connectivity index (χ4v) is 3.98. The number of hydrogen-bond acceptors (Lipinski definition) is 8. The molecule has 0 aliphatic carbocycles. The molecule has 1 aliphatic rings. The van der Waals surface area contributed by atoms with Gasteiger partial charge in [0.2, 0.25) is 5.90 Å². The van der Waals surface area contributed by atoms with Gasteiger partial charge in [-0.2, -0.15) is 0 Å². The lowest BCUT2D eigenvalue weighted by Gasteiger charge is -2.14. The Bertz CT molecular complexity index is 1270. The lowest BCUT2D eigenvalue weighted by molar-refractivity contribution is -0.384. The molecular weight excluding hydrogens is 468 g/mol. The summed E-state index contributed by atoms with van der Waals surface area (Å²) in [6, 6.07) is 13.1. The van der Waals surface area contributed by atoms with E-state index in [4.69, 9.17) is 25.8 Å². The van der Waals surface area contributed by atoms with E-state index in [9.17, 15) is 14.9 Å². The Morgan fingerprint density at radius 2 is 2.06 bits per heavy atom. The molecule has 0 amide bonds. The van der Waals surface area contributed by atoms with Crippen molar-refractivity contribution >= 4 is 46.6 Å². The van der Waals surface area contributed by atoms with Gasteiger partial charge in [0.05, 0.1) is 21.4 Å². The Morgan fingerprint density at radius 1 is 1.21 bits per heavy atom. The van der Waals surface area contributed by atoms with Crippen LogP contribution < -0.4 is 9.47 Å². The minimum atomic E-state index is -0.557. The van der Waals surface area contributed by atoms with Crippen molar-refractivity contribution in [1.29, 1.82) is 0 Å². The Hall–Kier alpha value is -3.69. The van der Waals surface area contributed by atoms with Crippen LogP contribution in [0.3, 0.4) is 0 Å². The molecule has 0 saturated carbocycles. The first kappa shape index (κ1) is 22.5. The Balaban J connectivity index is 1.59. The molecule has 4 rings (SSSR count). The molecule has 0 fully saturated rings. The lowest BCUT2D eigenvalue weighted by Crippen LogP contribution is -2.03. The third kappa shape index (κ3) is 5.21. The van der Waals surface area contributed by atoms with Crippen LogP contribution in [0.15, 0.2) is 64.6 Å². The van der Waals surface area contributed by atoms with Crippen LogP contribution in [0.2, 0.25) is 5.02 Å². The van der Waals surface area contributed by atoms with Gasteiger partial charge in [-0.1, -0.05) is 29.8 Å². The monoisotopic (exact) mass is 484 g/mol. The average Bonchev–Trinajstić information content (AvgIpc) is 3.44. The van der Waals surface area contributed by atoms with E-state index in [1.54, 1.807) is 30.3 Å². The third-order valence-electron chi connectivity index (χ3n) is 4.49. The van der Waals surface area contributed by atoms with Crippen LogP contribution in [0.4, 0.5) is 5.69 Å². The van der Waals surface area contributed by atoms with E-state index in [2.05, 4.69) is 4.99 Å². The molecule has 168 valence electrons. The molecule has 2 heterocycles. The molecule has 10 heteroatoms. The van der Waals surface area contributed by atoms with Gasteiger partial charge in [0, 0.05) is 12.1 Å². The Labute approximate surface area is 197 Å². The van der Waals surface area contributed by atoms with Crippen LogP contribution >= 0.6 is 22.9 Å². The molecule has 8 nitrogen and oxygen atoms in total. The second-order valence-corrected chi connectivity index (χ2v) is 8.15. The fourth-order valence-electron chi connectivity index (χ4n) is 3.06. The van der Waals surface area contributed by atoms with Crippen molar-refractivity contribution in [2.24, 2.45) is 4.99 Å². The van der Waals surface area contributed by atoms with Gasteiger partial charge in [-0.05, 0) is 47.7 Å². The Morgan fingerprint density at radius 3 is 2.79 bits per heavy atom. The van der Waals surface area contributed by atoms with Gasteiger partial charge in [0.15, 0.2) is 17.2 Å². The fraction of sp³-hybridized carbons (Fsp3) is 0.130. The third-order valence-corrected chi connectivity index (χ3v) is 5.63. The van der Waals surface area contributed by atoms with Gasteiger partial charge in [-0.3, -0.25) is 10.1 Å². The number of benzene rings is 2. The van der Waals surface area contributed by atoms with Gasteiger partial charge in [0.25, 0.3) is 5.69 Å². The summed E-state index contributed by atoms with van der Waals surface area (Å²) < 4.78 is 16.8. The summed E-state index contributed by atoms with van der Waals surface area (Å²) in [6.07, 6.45) is 1.56. The number of carbonyl (C=O) groups is 1. The Kier molecular flexibility index (Phi) is 6.71. The predicted molar refractivity (Wildman–Crippen MR) is 125 cm³/mol. The maximum atomic E-state index is 12.2. The minimum absolute atomic E-state index is 0.0277. The molecule has 33 heavy (non-hydrogen) atoms. The highest BCUT2D eigenvalue weighted by atomic mass is 35.5. The van der Waals surface area contributed by atoms with Crippen LogP contribution in [-0.4, -0.2) is 23.4 Å². The van der Waals surface area contributed by atoms with Crippen LogP contribution in [0.25, 0.3) is 6.08 Å². The van der Waals surface area contributed by atoms with E-state index in [-0.39, 0.29) is 28.9 Å². The maximum absolute atomic E-state index is 12.2. The number of nitrogens with zero attached hydrogens (tertiary/aromatic N) is 2. The number of non-ortho nitro benzene ring substituents is 1. The zero-order valence-electron chi connectivity index (χ0n) is 17.3. The second-order valence-electron chi connectivity index (χ2n) is 6.79. The second kappa shape index (κ2) is 9.85. The number of carbonyl (C=O) groups excluding carboxylic acids is 1. The average molecular weight is 485 g/mol. The van der Waals surface area contributed by atoms with Gasteiger partial charge < -0.3 is 14.2 Å². The predicted octanol–water partition coefficient (Wildman–Crippen LogP) is 5.63. The number of hydrogen-bond donors (Lipinski definition) is 0. The highest BCUT2D eigenvalue weighted by Crippen LogP contribution is 2.38. The quantitative estimate of drug-likeness (QED) is 0.178. The van der Waals surface area contributed by atoms with Gasteiger partial charge in [0.1, 0.15) is 6.61 Å². The highest BCUT2D eigenvalue weighted by Gasteiger charge is 2.25. The number of nitro groups is 1. The standard InChI is InChI=1S/C23H17ClN2O6S/c1-2-30-19-12-15(11-18-23(27)32-22(25-18)20-7-4-8-33-20)10-17(24)21(19)31-13-14-5-3-6-16(9-14)26(28)29/h3-12H,2,13H2,1H3. The van der Waals surface area contributed by atoms with E-state index >= 15 is 0 Å². The number of rotatable bonds is 8. The van der Waals surface area contributed by atoms with E-state index in [0.29, 0.717) is 29.2 Å². The van der Waals surface area contributed by atoms with E-state index in [1.165, 1.54) is 23.5 Å². The van der Waals surface area contributed by atoms with Gasteiger partial charge in [-0.15, -0.1) is 11.3 Å². The van der Waals surface area contributed by atoms with Gasteiger partial charge >= 0.3 is 5.97 Å². The molecule has 0 radical (unpaired) electrons. The highest BCUT2D eigenvalue weighted by molar-refractivity contribution is 7.12. The molecule has 0 bridgehead atoms. The first-order valence-corrected chi connectivity index (χ1v) is 11.1. The zero-order chi connectivity index (χ0) is 23.4. The minimum Gasteiger partial charge on any atom is -0.490 e. The SMILES string of the molecule is CCOc1cc(C=C2N=C(c3cccs3)OC2=O)cc(Cl)c1OCc1cccc([N+](=O)[O-])c1. The first-order valence-electron chi connectivity index (χ1n) is 9.83. The molecule has 1 aromatic heterocycles. The summed E-state index contributed by atoms with van der Waals surface area (Å²) in [7, 11) is 0. The molecule has 0 N–H and O–H groups in total. The number of nitro benzene ring substituents is 1. The van der Waals surface area contributed by atoms with Crippen LogP contribution in [-0.2, 0) is 16.1 Å². The van der Waals surface area contributed by atoms with Crippen molar-refractivity contribution < 1.29 is 23.9 Å². The smallest absolute Gasteiger partial charge is 0.363 e. The summed E-state index contributed by atoms with van der Waals surface area (Å²) in [5.74, 6) is 0.368. The summed E-state index contributed by atoms with van der Waals surface area (Å²) in [6.45, 7) is 2.23. The molecule has 2 aromatic carbocycles. The number of ether oxygens (including phenoxy) is 3. The molecule has 3 aromatic rings. The number of esters is 1. The molecule has 0 saturated heterocycles. The van der Waals surface area contributed by atoms with E-state index in [0.717, 1.165) is 4.88 Å². The summed E-state index contributed by atoms with van der Waals surface area (Å²) >= 11 is 7.88. The number of halogens is 1. The lowest BCUT2D eigenvalue weighted by atomic mass is 10.1. The largest absolute Gasteiger partial charge is 0.490 e. The number of aliphatic imine (C=N–C) groups is 1. The van der Waals surface area contributed by atoms with E-state index < -0.39 is 10.9 Å². The van der Waals surface area contributed by atoms with Crippen molar-refractivity contribution in [2.75, 3.05) is 6.61 Å². The molecule has 1 aliphatic heterocycles. The van der Waals surface area contributed by atoms with Crippen molar-refractivity contribution in [1.82, 2.24) is 0 Å². The molecule has 0 unspecified atom stereocenters. The van der Waals surface area contributed by atoms with Crippen molar-refractivity contribution in [3.05, 3.63) is 90.7 Å². The summed E-state index contributed by atoms with van der Waals surface area (Å²) in [5.41, 5.74) is 1.30. The maximum Gasteiger partial charge on any atom is 0.363 e. The van der Waals surface area contributed by atoms with Crippen LogP contribution in [0.5, 0.6) is 11.5 Å². The van der Waals surface area contributed by atoms with E-state index in [1.807, 2.05) is 24.4 Å². The van der Waals surface area contributed by atoms with Crippen molar-refractivity contribution in [2.45, 2.75) is 13.5 Å². The van der Waals surface area contributed by atoms with Gasteiger partial charge in [-0.25, -0.2) is 9.79 Å². The normalized spacial score (nSPS) is 14.2. The zero-order valence-corrected chi connectivity index (χ0v) is 18.9.